The van der Waals surface area contributed by atoms with Crippen LogP contribution in [0.3, 0.4) is 0 Å². The topological polar surface area (TPSA) is 73.6 Å². The largest absolute Gasteiger partial charge is 0.381 e. The molecule has 5 nitrogen and oxygen atoms in total. The van der Waals surface area contributed by atoms with Gasteiger partial charge in [0.05, 0.1) is 0 Å². The minimum Gasteiger partial charge on any atom is -0.381 e. The van der Waals surface area contributed by atoms with Crippen molar-refractivity contribution in [3.05, 3.63) is 0 Å². The van der Waals surface area contributed by atoms with Crippen LogP contribution in [-0.2, 0) is 14.3 Å². The molecular formula is C13H26N2O3. The average Bonchev–Trinajstić information content (AvgIpc) is 2.41. The summed E-state index contributed by atoms with van der Waals surface area (Å²) in [4.78, 5) is 11.3. The summed E-state index contributed by atoms with van der Waals surface area (Å²) in [5.41, 5.74) is 5.33. The minimum absolute atomic E-state index is 0.0879. The molecule has 0 atom stereocenters. The number of hydrogen-bond acceptors (Lipinski definition) is 4. The molecule has 18 heavy (non-hydrogen) atoms. The van der Waals surface area contributed by atoms with Gasteiger partial charge in [0.25, 0.3) is 0 Å². The van der Waals surface area contributed by atoms with Gasteiger partial charge in [0, 0.05) is 39.4 Å². The standard InChI is InChI=1S/C13H26N2O3/c14-6-1-3-13(16)15-7-2-8-18-11-12-4-9-17-10-5-12/h12H,1-11,14H2,(H,15,16). The number of amides is 1. The molecule has 0 aromatic carbocycles. The van der Waals surface area contributed by atoms with E-state index in [-0.39, 0.29) is 5.91 Å². The summed E-state index contributed by atoms with van der Waals surface area (Å²) < 4.78 is 10.9. The molecule has 5 heteroatoms. The molecule has 1 fully saturated rings. The third-order valence-electron chi connectivity index (χ3n) is 3.09. The Morgan fingerprint density at radius 3 is 2.83 bits per heavy atom. The van der Waals surface area contributed by atoms with Crippen molar-refractivity contribution in [1.29, 1.82) is 0 Å². The van der Waals surface area contributed by atoms with Crippen molar-refractivity contribution in [3.8, 4) is 0 Å². The Morgan fingerprint density at radius 1 is 1.33 bits per heavy atom. The predicted octanol–water partition coefficient (Wildman–Crippen LogP) is 0.675. The van der Waals surface area contributed by atoms with Crippen LogP contribution in [0.15, 0.2) is 0 Å². The summed E-state index contributed by atoms with van der Waals surface area (Å²) in [6.07, 6.45) is 4.37. The molecule has 0 aromatic heterocycles. The Kier molecular flexibility index (Phi) is 8.81. The molecule has 0 unspecified atom stereocenters. The Labute approximate surface area is 109 Å². The van der Waals surface area contributed by atoms with E-state index in [1.165, 1.54) is 0 Å². The molecule has 0 radical (unpaired) electrons. The fourth-order valence-electron chi connectivity index (χ4n) is 1.92. The van der Waals surface area contributed by atoms with Crippen molar-refractivity contribution in [2.24, 2.45) is 11.7 Å². The zero-order valence-corrected chi connectivity index (χ0v) is 11.2. The maximum Gasteiger partial charge on any atom is 0.220 e. The molecule has 1 aliphatic rings. The minimum atomic E-state index is 0.0879. The van der Waals surface area contributed by atoms with E-state index in [1.807, 2.05) is 0 Å². The predicted molar refractivity (Wildman–Crippen MR) is 70.3 cm³/mol. The van der Waals surface area contributed by atoms with E-state index in [1.54, 1.807) is 0 Å². The Morgan fingerprint density at radius 2 is 2.11 bits per heavy atom. The maximum absolute atomic E-state index is 11.3. The third-order valence-corrected chi connectivity index (χ3v) is 3.09. The van der Waals surface area contributed by atoms with Gasteiger partial charge in [-0.25, -0.2) is 0 Å². The zero-order chi connectivity index (χ0) is 13.1. The van der Waals surface area contributed by atoms with Gasteiger partial charge in [-0.1, -0.05) is 0 Å². The van der Waals surface area contributed by atoms with Crippen LogP contribution in [-0.4, -0.2) is 45.4 Å². The number of carbonyl (C=O) groups excluding carboxylic acids is 1. The summed E-state index contributed by atoms with van der Waals surface area (Å²) in [5.74, 6) is 0.739. The quantitative estimate of drug-likeness (QED) is 0.596. The molecule has 3 N–H and O–H groups in total. The summed E-state index contributed by atoms with van der Waals surface area (Å²) >= 11 is 0. The molecule has 106 valence electrons. The van der Waals surface area contributed by atoms with Crippen LogP contribution in [0.4, 0.5) is 0 Å². The lowest BCUT2D eigenvalue weighted by Crippen LogP contribution is -2.26. The third kappa shape index (κ3) is 7.63. The molecule has 1 rings (SSSR count). The Balaban J connectivity index is 1.84. The molecule has 0 aromatic rings. The molecule has 0 saturated carbocycles. The second-order valence-corrected chi connectivity index (χ2v) is 4.73. The van der Waals surface area contributed by atoms with Crippen LogP contribution in [0.1, 0.15) is 32.1 Å². The highest BCUT2D eigenvalue weighted by atomic mass is 16.5. The zero-order valence-electron chi connectivity index (χ0n) is 11.2. The van der Waals surface area contributed by atoms with Crippen LogP contribution >= 0.6 is 0 Å². The van der Waals surface area contributed by atoms with Gasteiger partial charge in [0.2, 0.25) is 5.91 Å². The van der Waals surface area contributed by atoms with Gasteiger partial charge in [-0.3, -0.25) is 4.79 Å². The fourth-order valence-corrected chi connectivity index (χ4v) is 1.92. The summed E-state index contributed by atoms with van der Waals surface area (Å²) in [6, 6.07) is 0. The van der Waals surface area contributed by atoms with E-state index in [2.05, 4.69) is 5.32 Å². The van der Waals surface area contributed by atoms with E-state index in [4.69, 9.17) is 15.2 Å². The highest BCUT2D eigenvalue weighted by Gasteiger charge is 2.13. The van der Waals surface area contributed by atoms with Crippen molar-refractivity contribution >= 4 is 5.91 Å². The number of rotatable bonds is 9. The summed E-state index contributed by atoms with van der Waals surface area (Å²) in [7, 11) is 0. The normalized spacial score (nSPS) is 16.7. The monoisotopic (exact) mass is 258 g/mol. The second kappa shape index (κ2) is 10.3. The lowest BCUT2D eigenvalue weighted by atomic mass is 10.0. The first-order valence-electron chi connectivity index (χ1n) is 6.95. The van der Waals surface area contributed by atoms with Crippen molar-refractivity contribution in [2.45, 2.75) is 32.1 Å². The first-order valence-corrected chi connectivity index (χ1v) is 6.95. The number of nitrogens with two attached hydrogens (primary N) is 1. The number of nitrogens with one attached hydrogen (secondary N) is 1. The van der Waals surface area contributed by atoms with E-state index in [0.717, 1.165) is 45.5 Å². The molecular weight excluding hydrogens is 232 g/mol. The second-order valence-electron chi connectivity index (χ2n) is 4.73. The van der Waals surface area contributed by atoms with Crippen molar-refractivity contribution in [1.82, 2.24) is 5.32 Å². The highest BCUT2D eigenvalue weighted by molar-refractivity contribution is 5.75. The van der Waals surface area contributed by atoms with Gasteiger partial charge in [-0.05, 0) is 38.1 Å². The Bertz CT molecular complexity index is 218. The van der Waals surface area contributed by atoms with Gasteiger partial charge >= 0.3 is 0 Å². The SMILES string of the molecule is NCCCC(=O)NCCCOCC1CCOCC1. The fraction of sp³-hybridized carbons (Fsp3) is 0.923. The number of carbonyl (C=O) groups is 1. The van der Waals surface area contributed by atoms with Crippen LogP contribution in [0, 0.1) is 5.92 Å². The summed E-state index contributed by atoms with van der Waals surface area (Å²) in [5, 5.41) is 2.86. The van der Waals surface area contributed by atoms with E-state index >= 15 is 0 Å². The maximum atomic E-state index is 11.3. The average molecular weight is 258 g/mol. The molecule has 1 saturated heterocycles. The van der Waals surface area contributed by atoms with Gasteiger partial charge in [-0.2, -0.15) is 0 Å². The summed E-state index contributed by atoms with van der Waals surface area (Å²) in [6.45, 7) is 4.54. The van der Waals surface area contributed by atoms with Crippen LogP contribution in [0.5, 0.6) is 0 Å². The van der Waals surface area contributed by atoms with E-state index in [9.17, 15) is 4.79 Å². The van der Waals surface area contributed by atoms with Crippen molar-refractivity contribution in [3.63, 3.8) is 0 Å². The molecule has 0 aliphatic carbocycles. The van der Waals surface area contributed by atoms with Crippen molar-refractivity contribution in [2.75, 3.05) is 39.5 Å². The molecule has 1 amide bonds. The molecule has 1 aliphatic heterocycles. The van der Waals surface area contributed by atoms with Crippen LogP contribution in [0.25, 0.3) is 0 Å². The lowest BCUT2D eigenvalue weighted by molar-refractivity contribution is -0.121. The van der Waals surface area contributed by atoms with Crippen molar-refractivity contribution < 1.29 is 14.3 Å². The molecule has 0 bridgehead atoms. The smallest absolute Gasteiger partial charge is 0.220 e. The first kappa shape index (κ1) is 15.4. The number of hydrogen-bond donors (Lipinski definition) is 2. The lowest BCUT2D eigenvalue weighted by Gasteiger charge is -2.21. The highest BCUT2D eigenvalue weighted by Crippen LogP contribution is 2.14. The van der Waals surface area contributed by atoms with Crippen LogP contribution in [0.2, 0.25) is 0 Å². The molecule has 1 heterocycles. The van der Waals surface area contributed by atoms with E-state index in [0.29, 0.717) is 32.0 Å². The van der Waals surface area contributed by atoms with Gasteiger partial charge < -0.3 is 20.5 Å². The molecule has 0 spiro atoms. The van der Waals surface area contributed by atoms with Gasteiger partial charge in [0.15, 0.2) is 0 Å². The van der Waals surface area contributed by atoms with Crippen LogP contribution < -0.4 is 11.1 Å². The number of ether oxygens (including phenoxy) is 2. The van der Waals surface area contributed by atoms with Gasteiger partial charge in [0.1, 0.15) is 0 Å². The van der Waals surface area contributed by atoms with E-state index < -0.39 is 0 Å². The van der Waals surface area contributed by atoms with Gasteiger partial charge in [-0.15, -0.1) is 0 Å². The Hall–Kier alpha value is -0.650. The first-order chi connectivity index (χ1) is 8.83.